The molecule has 52 heavy (non-hydrogen) atoms. The first-order chi connectivity index (χ1) is 22.6. The topological polar surface area (TPSA) is 348 Å². The molecule has 0 aromatic heterocycles. The van der Waals surface area contributed by atoms with Crippen molar-refractivity contribution in [2.24, 2.45) is 0 Å². The molecule has 0 amide bonds. The molecule has 0 bridgehead atoms. The Balaban J connectivity index is -0.000000315. The minimum Gasteiger partial charge on any atom is -0.753 e. The number of rotatable bonds is 3. The van der Waals surface area contributed by atoms with Gasteiger partial charge in [0.1, 0.15) is 0 Å². The predicted molar refractivity (Wildman–Crippen MR) is 172 cm³/mol. The zero-order valence-corrected chi connectivity index (χ0v) is 32.2. The van der Waals surface area contributed by atoms with E-state index < -0.39 is 47.4 Å². The third-order valence-corrected chi connectivity index (χ3v) is 6.00. The second-order valence-corrected chi connectivity index (χ2v) is 16.2. The normalized spacial score (nSPS) is 12.3. The van der Waals surface area contributed by atoms with Crippen LogP contribution in [0.1, 0.15) is 16.7 Å². The van der Waals surface area contributed by atoms with Crippen molar-refractivity contribution in [3.8, 4) is 0 Å². The molecule has 0 fully saturated rings. The van der Waals surface area contributed by atoms with Gasteiger partial charge in [-0.2, -0.15) is 4.20 Å². The van der Waals surface area contributed by atoms with Crippen LogP contribution in [0.3, 0.4) is 0 Å². The summed E-state index contributed by atoms with van der Waals surface area (Å²) in [5.41, 5.74) is 3.92. The van der Waals surface area contributed by atoms with Crippen LogP contribution in [-0.4, -0.2) is 53.8 Å². The molecule has 0 aliphatic carbocycles. The van der Waals surface area contributed by atoms with Crippen LogP contribution in [0.4, 0.5) is 25.2 Å². The predicted octanol–water partition coefficient (Wildman–Crippen LogP) is 5.37. The van der Waals surface area contributed by atoms with Crippen LogP contribution in [0.5, 0.6) is 0 Å². The molecule has 0 saturated heterocycles. The van der Waals surface area contributed by atoms with Crippen LogP contribution in [0, 0.1) is 20.8 Å². The van der Waals surface area contributed by atoms with Gasteiger partial charge < -0.3 is 9.79 Å². The van der Waals surface area contributed by atoms with E-state index in [1.54, 1.807) is 0 Å². The molecule has 0 aliphatic heterocycles. The van der Waals surface area contributed by atoms with E-state index in [9.17, 15) is 25.2 Å². The van der Waals surface area contributed by atoms with E-state index in [0.717, 1.165) is 0 Å². The molecular formula is C21H32F6O18P6S. The Morgan fingerprint density at radius 1 is 0.385 bits per heavy atom. The van der Waals surface area contributed by atoms with Crippen molar-refractivity contribution >= 4 is 58.3 Å². The summed E-state index contributed by atoms with van der Waals surface area (Å²) in [6.07, 6.45) is 0. The molecule has 0 radical (unpaired) electrons. The Hall–Kier alpha value is -1.51. The summed E-state index contributed by atoms with van der Waals surface area (Å²) >= 11 is 0. The largest absolute Gasteiger partial charge is 0.753 e. The van der Waals surface area contributed by atoms with Crippen LogP contribution in [0.15, 0.2) is 87.5 Å². The van der Waals surface area contributed by atoms with Crippen molar-refractivity contribution < 1.29 is 111 Å². The molecule has 1 atom stereocenters. The minimum atomic E-state index is -5.39. The molecule has 11 N–H and O–H groups in total. The van der Waals surface area contributed by atoms with E-state index in [4.69, 9.17) is 86.1 Å². The van der Waals surface area contributed by atoms with Crippen molar-refractivity contribution in [1.82, 2.24) is 0 Å². The molecule has 0 heterocycles. The average Bonchev–Trinajstić information content (AvgIpc) is 2.82. The Kier molecular flexibility index (Phi) is 28.1. The van der Waals surface area contributed by atoms with E-state index in [1.165, 1.54) is 31.4 Å². The molecule has 0 saturated carbocycles. The van der Waals surface area contributed by atoms with Crippen molar-refractivity contribution in [2.75, 3.05) is 0 Å². The molecule has 3 aromatic carbocycles. The van der Waals surface area contributed by atoms with E-state index in [0.29, 0.717) is 0 Å². The monoisotopic (exact) mass is 904 g/mol. The second kappa shape index (κ2) is 25.5. The van der Waals surface area contributed by atoms with Crippen molar-refractivity contribution in [3.63, 3.8) is 0 Å². The number of halogens is 6. The molecule has 3 aromatic rings. The first kappa shape index (κ1) is 57.2. The van der Waals surface area contributed by atoms with Crippen LogP contribution in [0.2, 0.25) is 0 Å². The maximum Gasteiger partial charge on any atom is 0.507 e. The highest BCUT2D eigenvalue weighted by Crippen LogP contribution is 2.37. The van der Waals surface area contributed by atoms with Crippen molar-refractivity contribution in [2.45, 2.75) is 35.5 Å². The lowest BCUT2D eigenvalue weighted by molar-refractivity contribution is -0.206. The summed E-state index contributed by atoms with van der Waals surface area (Å²) in [7, 11) is -31.1. The fraction of sp³-hybridized carbons (Fsp3) is 0.143. The quantitative estimate of drug-likeness (QED) is 0.0894. The van der Waals surface area contributed by atoms with Gasteiger partial charge in [-0.05, 0) is 57.2 Å². The molecule has 1 unspecified atom stereocenters. The first-order valence-corrected chi connectivity index (χ1v) is 22.3. The van der Waals surface area contributed by atoms with Crippen molar-refractivity contribution in [1.29, 1.82) is 0 Å². The number of hydrogen-bond acceptors (Lipinski definition) is 7. The van der Waals surface area contributed by atoms with E-state index in [1.807, 2.05) is 0 Å². The average molecular weight is 904 g/mol. The van der Waals surface area contributed by atoms with Gasteiger partial charge in [-0.3, -0.25) is 53.5 Å². The van der Waals surface area contributed by atoms with Crippen molar-refractivity contribution in [3.05, 3.63) is 89.5 Å². The maximum atomic E-state index is 10.4. The summed E-state index contributed by atoms with van der Waals surface area (Å²) < 4.78 is 114. The molecule has 3 rings (SSSR count). The van der Waals surface area contributed by atoms with Gasteiger partial charge in [-0.1, -0.05) is 53.1 Å². The third kappa shape index (κ3) is 66.7. The Morgan fingerprint density at radius 3 is 0.577 bits per heavy atom. The summed E-state index contributed by atoms with van der Waals surface area (Å²) in [6.45, 7) is 6.42. The van der Waals surface area contributed by atoms with Gasteiger partial charge in [0.15, 0.2) is 14.7 Å². The standard InChI is InChI=1S/C21H21S.6FH2O3P/c1-16-4-10-19(11-5-16)22(20-12-6-17(2)7-13-20)21-14-8-18(3)9-15-21;6*1-5(2,3)4/h4-15H,1-3H3;6*(H2,2,3,4)/q+1;;;;;;/p-1. The van der Waals surface area contributed by atoms with Gasteiger partial charge in [0, 0.05) is 0 Å². The summed E-state index contributed by atoms with van der Waals surface area (Å²) in [5.74, 6) is 0. The SMILES string of the molecule is Cc1ccc([S+](c2ccc(C)cc2)c2ccc(C)cc2)cc1.O=P(O)(O)F.O=P(O)(O)F.O=P(O)(O)F.O=P(O)(O)F.O=P(O)(O)F.O=P([O-])(O)F. The summed E-state index contributed by atoms with van der Waals surface area (Å²) in [4.78, 5) is 89.2. The molecular weight excluding hydrogens is 872 g/mol. The number of benzene rings is 3. The van der Waals surface area contributed by atoms with Gasteiger partial charge in [0.05, 0.1) is 10.9 Å². The highest BCUT2D eigenvalue weighted by Gasteiger charge is 2.28. The highest BCUT2D eigenvalue weighted by atomic mass is 32.2. The first-order valence-electron chi connectivity index (χ1n) is 12.1. The molecule has 18 nitrogen and oxygen atoms in total. The lowest BCUT2D eigenvalue weighted by Gasteiger charge is -2.09. The lowest BCUT2D eigenvalue weighted by Crippen LogP contribution is -2.04. The summed E-state index contributed by atoms with van der Waals surface area (Å²) in [5, 5.41) is 0. The Labute approximate surface area is 294 Å². The van der Waals surface area contributed by atoms with Gasteiger partial charge in [0.2, 0.25) is 0 Å². The fourth-order valence-corrected chi connectivity index (χ4v) is 4.47. The highest BCUT2D eigenvalue weighted by molar-refractivity contribution is 7.97. The van der Waals surface area contributed by atoms with Gasteiger partial charge in [-0.25, -0.2) is 22.8 Å². The number of aryl methyl sites for hydroxylation is 3. The van der Waals surface area contributed by atoms with E-state index in [-0.39, 0.29) is 10.9 Å². The Morgan fingerprint density at radius 2 is 0.481 bits per heavy atom. The van der Waals surface area contributed by atoms with Gasteiger partial charge >= 0.3 is 47.4 Å². The molecule has 31 heteroatoms. The van der Waals surface area contributed by atoms with E-state index >= 15 is 0 Å². The Bertz CT molecular complexity index is 1410. The van der Waals surface area contributed by atoms with Crippen LogP contribution >= 0.6 is 47.4 Å². The summed E-state index contributed by atoms with van der Waals surface area (Å²) in [6, 6.07) is 26.8. The van der Waals surface area contributed by atoms with Crippen LogP contribution in [-0.2, 0) is 38.3 Å². The van der Waals surface area contributed by atoms with E-state index in [2.05, 4.69) is 93.6 Å². The van der Waals surface area contributed by atoms with Crippen LogP contribution in [0.25, 0.3) is 0 Å². The zero-order valence-electron chi connectivity index (χ0n) is 26.1. The zero-order chi connectivity index (χ0) is 42.5. The van der Waals surface area contributed by atoms with Gasteiger partial charge in [-0.15, -0.1) is 21.0 Å². The smallest absolute Gasteiger partial charge is 0.507 e. The maximum absolute atomic E-state index is 10.4. The minimum absolute atomic E-state index is 0.0394. The van der Waals surface area contributed by atoms with Gasteiger partial charge in [0.25, 0.3) is 0 Å². The fourth-order valence-electron chi connectivity index (χ4n) is 2.43. The lowest BCUT2D eigenvalue weighted by atomic mass is 10.2. The molecule has 0 aliphatic rings. The molecule has 0 spiro atoms. The second-order valence-electron chi connectivity index (χ2n) is 8.56. The number of hydrogen-bond donors (Lipinski definition) is 11. The third-order valence-electron chi connectivity index (χ3n) is 3.77. The molecule has 302 valence electrons. The van der Waals surface area contributed by atoms with Crippen LogP contribution < -0.4 is 4.89 Å².